The molecule has 1 rings (SSSR count). The number of hydrogen-bond donors (Lipinski definition) is 1. The summed E-state index contributed by atoms with van der Waals surface area (Å²) in [7, 11) is 0. The van der Waals surface area contributed by atoms with E-state index >= 15 is 0 Å². The summed E-state index contributed by atoms with van der Waals surface area (Å²) < 4.78 is 0. The Morgan fingerprint density at radius 1 is 1.41 bits per heavy atom. The number of nitrogens with one attached hydrogen (secondary N) is 1. The van der Waals surface area contributed by atoms with Gasteiger partial charge in [-0.1, -0.05) is 25.5 Å². The molecule has 0 aromatic carbocycles. The van der Waals surface area contributed by atoms with Gasteiger partial charge in [-0.2, -0.15) is 0 Å². The zero-order valence-corrected chi connectivity index (χ0v) is 10.9. The van der Waals surface area contributed by atoms with Crippen LogP contribution in [0.5, 0.6) is 0 Å². The number of amides is 2. The highest BCUT2D eigenvalue weighted by molar-refractivity contribution is 5.96. The van der Waals surface area contributed by atoms with Gasteiger partial charge < -0.3 is 10.2 Å². The van der Waals surface area contributed by atoms with Gasteiger partial charge in [-0.3, -0.25) is 9.59 Å². The molecule has 4 heteroatoms. The van der Waals surface area contributed by atoms with Gasteiger partial charge in [-0.05, 0) is 26.7 Å². The number of nitrogens with zero attached hydrogens (tertiary/aromatic N) is 1. The Hall–Kier alpha value is -1.32. The molecule has 0 spiro atoms. The second kappa shape index (κ2) is 6.42. The minimum Gasteiger partial charge on any atom is -0.343 e. The number of hydrogen-bond acceptors (Lipinski definition) is 2. The number of allylic oxidation sites excluding steroid dienone is 1. The first-order valence-electron chi connectivity index (χ1n) is 6.33. The molecule has 1 aliphatic rings. The molecule has 0 saturated carbocycles. The van der Waals surface area contributed by atoms with Gasteiger partial charge in [0.15, 0.2) is 0 Å². The average Bonchev–Trinajstić information content (AvgIpc) is 2.31. The summed E-state index contributed by atoms with van der Waals surface area (Å²) in [6.45, 7) is 6.37. The molecular weight excluding hydrogens is 216 g/mol. The number of carbonyl (C=O) groups is 2. The van der Waals surface area contributed by atoms with Crippen LogP contribution in [-0.4, -0.2) is 35.3 Å². The van der Waals surface area contributed by atoms with E-state index in [1.807, 2.05) is 26.0 Å². The van der Waals surface area contributed by atoms with E-state index < -0.39 is 0 Å². The van der Waals surface area contributed by atoms with Gasteiger partial charge in [0.05, 0.1) is 0 Å². The zero-order chi connectivity index (χ0) is 12.8. The van der Waals surface area contributed by atoms with Crippen LogP contribution in [-0.2, 0) is 9.59 Å². The molecule has 1 heterocycles. The summed E-state index contributed by atoms with van der Waals surface area (Å²) in [6, 6.07) is -0.671. The fraction of sp³-hybridized carbons (Fsp3) is 0.692. The molecule has 2 amide bonds. The Balaban J connectivity index is 2.69. The van der Waals surface area contributed by atoms with Gasteiger partial charge in [-0.15, -0.1) is 0 Å². The van der Waals surface area contributed by atoms with Crippen LogP contribution in [0, 0.1) is 0 Å². The van der Waals surface area contributed by atoms with Gasteiger partial charge >= 0.3 is 0 Å². The third-order valence-electron chi connectivity index (χ3n) is 3.09. The van der Waals surface area contributed by atoms with Crippen molar-refractivity contribution in [2.75, 3.05) is 6.54 Å². The fourth-order valence-electron chi connectivity index (χ4n) is 2.06. The second-order valence-corrected chi connectivity index (χ2v) is 4.42. The Bertz CT molecular complexity index is 313. The first-order chi connectivity index (χ1) is 8.11. The third kappa shape index (κ3) is 3.32. The molecule has 0 bridgehead atoms. The lowest BCUT2D eigenvalue weighted by Gasteiger charge is -2.37. The molecule has 2 atom stereocenters. The van der Waals surface area contributed by atoms with Gasteiger partial charge in [0.25, 0.3) is 0 Å². The van der Waals surface area contributed by atoms with Crippen molar-refractivity contribution < 1.29 is 9.59 Å². The maximum absolute atomic E-state index is 12.2. The predicted molar refractivity (Wildman–Crippen MR) is 67.4 cm³/mol. The van der Waals surface area contributed by atoms with Crippen molar-refractivity contribution >= 4 is 11.8 Å². The molecule has 0 aromatic heterocycles. The predicted octanol–water partition coefficient (Wildman–Crippen LogP) is 1.47. The van der Waals surface area contributed by atoms with E-state index in [2.05, 4.69) is 5.32 Å². The molecule has 0 aromatic rings. The van der Waals surface area contributed by atoms with E-state index in [9.17, 15) is 9.59 Å². The summed E-state index contributed by atoms with van der Waals surface area (Å²) in [6.07, 6.45) is 6.40. The van der Waals surface area contributed by atoms with Crippen LogP contribution in [0.3, 0.4) is 0 Å². The van der Waals surface area contributed by atoms with Crippen molar-refractivity contribution in [2.45, 2.75) is 52.1 Å². The lowest BCUT2D eigenvalue weighted by Crippen LogP contribution is -2.62. The van der Waals surface area contributed by atoms with Crippen molar-refractivity contribution in [1.82, 2.24) is 10.2 Å². The molecule has 0 radical (unpaired) electrons. The zero-order valence-electron chi connectivity index (χ0n) is 10.9. The standard InChI is InChI=1S/C13H22N2O2/c1-4-6-7-9-15-10(3)12(16)14-11(8-5-2)13(15)17/h4,6,10-11H,5,7-9H2,1-3H3,(H,14,16)/b6-4+. The minimum absolute atomic E-state index is 0.0384. The van der Waals surface area contributed by atoms with Crippen molar-refractivity contribution in [3.8, 4) is 0 Å². The van der Waals surface area contributed by atoms with Crippen molar-refractivity contribution in [3.05, 3.63) is 12.2 Å². The Labute approximate surface area is 103 Å². The van der Waals surface area contributed by atoms with E-state index in [0.717, 1.165) is 19.3 Å². The van der Waals surface area contributed by atoms with Crippen LogP contribution in [0.4, 0.5) is 0 Å². The van der Waals surface area contributed by atoms with Crippen LogP contribution in [0.15, 0.2) is 12.2 Å². The molecule has 2 unspecified atom stereocenters. The van der Waals surface area contributed by atoms with Gasteiger partial charge in [0, 0.05) is 6.54 Å². The average molecular weight is 238 g/mol. The Morgan fingerprint density at radius 2 is 2.12 bits per heavy atom. The summed E-state index contributed by atoms with van der Waals surface area (Å²) in [4.78, 5) is 25.6. The maximum atomic E-state index is 12.2. The SMILES string of the molecule is C/C=C/CCN1C(=O)C(CCC)NC(=O)C1C. The number of carbonyl (C=O) groups excluding carboxylic acids is 2. The Morgan fingerprint density at radius 3 is 2.71 bits per heavy atom. The largest absolute Gasteiger partial charge is 0.343 e. The topological polar surface area (TPSA) is 49.4 Å². The molecular formula is C13H22N2O2. The van der Waals surface area contributed by atoms with Crippen molar-refractivity contribution in [2.24, 2.45) is 0 Å². The molecule has 1 saturated heterocycles. The monoisotopic (exact) mass is 238 g/mol. The molecule has 1 N–H and O–H groups in total. The lowest BCUT2D eigenvalue weighted by molar-refractivity contribution is -0.148. The minimum atomic E-state index is -0.346. The number of piperazine rings is 1. The maximum Gasteiger partial charge on any atom is 0.245 e. The fourth-order valence-corrected chi connectivity index (χ4v) is 2.06. The number of rotatable bonds is 5. The van der Waals surface area contributed by atoms with Crippen LogP contribution in [0.2, 0.25) is 0 Å². The van der Waals surface area contributed by atoms with Crippen molar-refractivity contribution in [1.29, 1.82) is 0 Å². The van der Waals surface area contributed by atoms with Crippen molar-refractivity contribution in [3.63, 3.8) is 0 Å². The van der Waals surface area contributed by atoms with E-state index in [1.54, 1.807) is 11.8 Å². The molecule has 17 heavy (non-hydrogen) atoms. The van der Waals surface area contributed by atoms with Crippen LogP contribution in [0.1, 0.15) is 40.0 Å². The first kappa shape index (κ1) is 13.7. The normalized spacial score (nSPS) is 25.5. The summed E-state index contributed by atoms with van der Waals surface area (Å²) >= 11 is 0. The van der Waals surface area contributed by atoms with Crippen LogP contribution < -0.4 is 5.32 Å². The van der Waals surface area contributed by atoms with E-state index in [-0.39, 0.29) is 23.9 Å². The molecule has 0 aliphatic carbocycles. The highest BCUT2D eigenvalue weighted by atomic mass is 16.2. The van der Waals surface area contributed by atoms with E-state index in [4.69, 9.17) is 0 Å². The van der Waals surface area contributed by atoms with E-state index in [0.29, 0.717) is 6.54 Å². The molecule has 96 valence electrons. The quantitative estimate of drug-likeness (QED) is 0.737. The van der Waals surface area contributed by atoms with Gasteiger partial charge in [0.1, 0.15) is 12.1 Å². The lowest BCUT2D eigenvalue weighted by atomic mass is 10.0. The highest BCUT2D eigenvalue weighted by Crippen LogP contribution is 2.13. The smallest absolute Gasteiger partial charge is 0.245 e. The van der Waals surface area contributed by atoms with E-state index in [1.165, 1.54) is 0 Å². The summed E-state index contributed by atoms with van der Waals surface area (Å²) in [5.41, 5.74) is 0. The van der Waals surface area contributed by atoms with Crippen LogP contribution >= 0.6 is 0 Å². The first-order valence-corrected chi connectivity index (χ1v) is 6.33. The second-order valence-electron chi connectivity index (χ2n) is 4.42. The summed E-state index contributed by atoms with van der Waals surface area (Å²) in [5.74, 6) is 0.0204. The molecule has 1 fully saturated rings. The molecule has 1 aliphatic heterocycles. The summed E-state index contributed by atoms with van der Waals surface area (Å²) in [5, 5.41) is 2.79. The highest BCUT2D eigenvalue weighted by Gasteiger charge is 2.36. The molecule has 4 nitrogen and oxygen atoms in total. The van der Waals surface area contributed by atoms with Crippen LogP contribution in [0.25, 0.3) is 0 Å². The van der Waals surface area contributed by atoms with Gasteiger partial charge in [-0.25, -0.2) is 0 Å². The van der Waals surface area contributed by atoms with Gasteiger partial charge in [0.2, 0.25) is 11.8 Å². The Kier molecular flexibility index (Phi) is 5.19. The third-order valence-corrected chi connectivity index (χ3v) is 3.09.